The van der Waals surface area contributed by atoms with E-state index in [0.29, 0.717) is 6.07 Å². The number of fused-ring (bicyclic) bond motifs is 2. The van der Waals surface area contributed by atoms with E-state index in [0.717, 1.165) is 18.2 Å². The zero-order valence-corrected chi connectivity index (χ0v) is 14.0. The number of ketones is 2. The number of hydrogen-bond donors (Lipinski definition) is 4. The predicted octanol–water partition coefficient (Wildman–Crippen LogP) is 0.367. The van der Waals surface area contributed by atoms with Gasteiger partial charge in [-0.25, -0.2) is 0 Å². The van der Waals surface area contributed by atoms with Gasteiger partial charge in [0.2, 0.25) is 0 Å². The van der Waals surface area contributed by atoms with Crippen LogP contribution in [0.5, 0.6) is 11.5 Å². The summed E-state index contributed by atoms with van der Waals surface area (Å²) in [7, 11) is -10.6. The van der Waals surface area contributed by atoms with Crippen molar-refractivity contribution in [1.29, 1.82) is 0 Å². The summed E-state index contributed by atoms with van der Waals surface area (Å²) in [6.07, 6.45) is 0. The number of hydrogen-bond acceptors (Lipinski definition) is 8. The van der Waals surface area contributed by atoms with Crippen LogP contribution in [0.1, 0.15) is 31.8 Å². The van der Waals surface area contributed by atoms with Gasteiger partial charge in [0.15, 0.2) is 11.6 Å². The van der Waals surface area contributed by atoms with Gasteiger partial charge in [-0.1, -0.05) is 0 Å². The Morgan fingerprint density at radius 2 is 1.15 bits per heavy atom. The van der Waals surface area contributed by atoms with Gasteiger partial charge in [-0.05, 0) is 24.3 Å². The van der Waals surface area contributed by atoms with Gasteiger partial charge >= 0.3 is 0 Å². The van der Waals surface area contributed by atoms with Gasteiger partial charge in [-0.3, -0.25) is 18.7 Å². The number of rotatable bonds is 2. The van der Waals surface area contributed by atoms with Crippen LogP contribution in [0.3, 0.4) is 0 Å². The van der Waals surface area contributed by atoms with E-state index in [4.69, 9.17) is 0 Å². The van der Waals surface area contributed by atoms with E-state index in [2.05, 4.69) is 0 Å². The number of phenols is 2. The fourth-order valence-corrected chi connectivity index (χ4v) is 4.73. The lowest BCUT2D eigenvalue weighted by Crippen LogP contribution is -2.25. The van der Waals surface area contributed by atoms with Crippen molar-refractivity contribution in [3.63, 3.8) is 0 Å². The molecule has 0 heterocycles. The van der Waals surface area contributed by atoms with Crippen molar-refractivity contribution >= 4 is 31.8 Å². The fourth-order valence-electron chi connectivity index (χ4n) is 2.74. The zero-order valence-electron chi connectivity index (χ0n) is 12.4. The molecule has 136 valence electrons. The Kier molecular flexibility index (Phi) is 3.70. The van der Waals surface area contributed by atoms with Crippen LogP contribution in [0.4, 0.5) is 0 Å². The second kappa shape index (κ2) is 5.35. The molecule has 0 saturated heterocycles. The van der Waals surface area contributed by atoms with Gasteiger partial charge in [0, 0.05) is 5.56 Å². The molecule has 4 N–H and O–H groups in total. The van der Waals surface area contributed by atoms with E-state index >= 15 is 0 Å². The molecular formula is C14H8O10S2. The van der Waals surface area contributed by atoms with Crippen LogP contribution in [0.25, 0.3) is 0 Å². The summed E-state index contributed by atoms with van der Waals surface area (Å²) in [6.45, 7) is 0. The van der Waals surface area contributed by atoms with Crippen molar-refractivity contribution in [2.75, 3.05) is 0 Å². The molecule has 3 rings (SSSR count). The zero-order chi connectivity index (χ0) is 19.6. The highest BCUT2D eigenvalue weighted by Crippen LogP contribution is 2.40. The Morgan fingerprint density at radius 1 is 0.654 bits per heavy atom. The number of carbonyl (C=O) groups is 2. The van der Waals surface area contributed by atoms with Gasteiger partial charge in [-0.2, -0.15) is 16.8 Å². The standard InChI is InChI=1S/C14H8O10S2/c15-6-2-3-7(16)11-10(6)12(17)5-1-4-8(25(19,20)21)14(26(22,23)24)9(5)13(11)18/h1-4,15-16H,(H,19,20,21)(H,22,23,24). The third-order valence-corrected chi connectivity index (χ3v) is 5.71. The summed E-state index contributed by atoms with van der Waals surface area (Å²) in [4.78, 5) is 22.4. The Morgan fingerprint density at radius 3 is 1.62 bits per heavy atom. The molecule has 1 aliphatic rings. The third kappa shape index (κ3) is 2.47. The third-order valence-electron chi connectivity index (χ3n) is 3.74. The number of carbonyl (C=O) groups excluding carboxylic acids is 2. The minimum atomic E-state index is -5.40. The van der Waals surface area contributed by atoms with Crippen LogP contribution in [-0.2, 0) is 20.2 Å². The van der Waals surface area contributed by atoms with Gasteiger partial charge in [-0.15, -0.1) is 0 Å². The maximum Gasteiger partial charge on any atom is 0.296 e. The van der Waals surface area contributed by atoms with Gasteiger partial charge in [0.25, 0.3) is 20.2 Å². The van der Waals surface area contributed by atoms with Crippen LogP contribution in [0.2, 0.25) is 0 Å². The van der Waals surface area contributed by atoms with Crippen molar-refractivity contribution in [3.8, 4) is 11.5 Å². The second-order valence-electron chi connectivity index (χ2n) is 5.28. The molecule has 10 nitrogen and oxygen atoms in total. The smallest absolute Gasteiger partial charge is 0.296 e. The average Bonchev–Trinajstić information content (AvgIpc) is 2.51. The number of benzene rings is 2. The minimum Gasteiger partial charge on any atom is -0.507 e. The minimum absolute atomic E-state index is 0.521. The fraction of sp³-hybridized carbons (Fsp3) is 0. The largest absolute Gasteiger partial charge is 0.507 e. The molecule has 2 aromatic carbocycles. The van der Waals surface area contributed by atoms with E-state index in [1.165, 1.54) is 0 Å². The molecule has 26 heavy (non-hydrogen) atoms. The molecule has 1 aliphatic carbocycles. The molecule has 0 fully saturated rings. The quantitative estimate of drug-likeness (QED) is 0.346. The molecule has 0 aliphatic heterocycles. The maximum absolute atomic E-state index is 12.7. The summed E-state index contributed by atoms with van der Waals surface area (Å²) in [5.74, 6) is -3.87. The van der Waals surface area contributed by atoms with Gasteiger partial charge in [0.05, 0.1) is 16.7 Å². The summed E-state index contributed by atoms with van der Waals surface area (Å²) in [5.41, 5.74) is -3.05. The molecule has 0 spiro atoms. The SMILES string of the molecule is O=C1c2ccc(S(=O)(=O)O)c(S(=O)(=O)O)c2C(=O)c2c(O)ccc(O)c21. The molecule has 0 radical (unpaired) electrons. The molecule has 0 unspecified atom stereocenters. The predicted molar refractivity (Wildman–Crippen MR) is 82.7 cm³/mol. The molecular weight excluding hydrogens is 392 g/mol. The van der Waals surface area contributed by atoms with Crippen LogP contribution < -0.4 is 0 Å². The molecule has 12 heteroatoms. The molecule has 0 aromatic heterocycles. The van der Waals surface area contributed by atoms with Gasteiger partial charge in [0.1, 0.15) is 21.3 Å². The second-order valence-corrected chi connectivity index (χ2v) is 8.03. The highest BCUT2D eigenvalue weighted by Gasteiger charge is 2.41. The lowest BCUT2D eigenvalue weighted by atomic mass is 9.83. The summed E-state index contributed by atoms with van der Waals surface area (Å²) < 4.78 is 64.8. The van der Waals surface area contributed by atoms with E-state index < -0.39 is 75.3 Å². The van der Waals surface area contributed by atoms with E-state index in [-0.39, 0.29) is 0 Å². The van der Waals surface area contributed by atoms with Crippen LogP contribution in [0.15, 0.2) is 34.1 Å². The summed E-state index contributed by atoms with van der Waals surface area (Å²) in [6, 6.07) is 3.07. The Bertz CT molecular complexity index is 1220. The van der Waals surface area contributed by atoms with Crippen molar-refractivity contribution in [2.24, 2.45) is 0 Å². The molecule has 0 saturated carbocycles. The summed E-state index contributed by atoms with van der Waals surface area (Å²) >= 11 is 0. The van der Waals surface area contributed by atoms with Gasteiger partial charge < -0.3 is 10.2 Å². The lowest BCUT2D eigenvalue weighted by Gasteiger charge is -2.21. The Labute approximate surface area is 145 Å². The van der Waals surface area contributed by atoms with Crippen molar-refractivity contribution in [3.05, 3.63) is 46.5 Å². The molecule has 2 aromatic rings. The molecule has 0 atom stereocenters. The maximum atomic E-state index is 12.7. The highest BCUT2D eigenvalue weighted by atomic mass is 32.2. The number of aromatic hydroxyl groups is 2. The Hall–Kier alpha value is -2.80. The first kappa shape index (κ1) is 18.0. The van der Waals surface area contributed by atoms with Crippen molar-refractivity contribution in [1.82, 2.24) is 0 Å². The first-order valence-electron chi connectivity index (χ1n) is 6.62. The lowest BCUT2D eigenvalue weighted by molar-refractivity contribution is 0.0971. The summed E-state index contributed by atoms with van der Waals surface area (Å²) in [5, 5.41) is 19.7. The number of phenolic OH excluding ortho intramolecular Hbond substituents is 2. The normalized spacial score (nSPS) is 14.1. The van der Waals surface area contributed by atoms with E-state index in [1.54, 1.807) is 0 Å². The first-order valence-corrected chi connectivity index (χ1v) is 9.50. The average molecular weight is 400 g/mol. The molecule has 0 amide bonds. The van der Waals surface area contributed by atoms with Crippen molar-refractivity contribution in [2.45, 2.75) is 9.79 Å². The van der Waals surface area contributed by atoms with E-state index in [9.17, 15) is 45.7 Å². The Balaban J connectivity index is 2.55. The monoisotopic (exact) mass is 400 g/mol. The first-order chi connectivity index (χ1) is 11.9. The highest BCUT2D eigenvalue weighted by molar-refractivity contribution is 7.89. The van der Waals surface area contributed by atoms with Crippen LogP contribution in [-0.4, -0.2) is 47.7 Å². The molecule has 0 bridgehead atoms. The van der Waals surface area contributed by atoms with E-state index in [1.807, 2.05) is 0 Å². The topological polar surface area (TPSA) is 183 Å². The van der Waals surface area contributed by atoms with Crippen LogP contribution >= 0.6 is 0 Å². The van der Waals surface area contributed by atoms with Crippen molar-refractivity contribution < 1.29 is 45.7 Å². The van der Waals surface area contributed by atoms with Crippen LogP contribution in [0, 0.1) is 0 Å².